The molecule has 72 valence electrons. The van der Waals surface area contributed by atoms with E-state index in [4.69, 9.17) is 0 Å². The zero-order chi connectivity index (χ0) is 10.6. The number of rotatable bonds is 3. The fraction of sp³-hybridized carbons (Fsp3) is 0. The molecule has 0 amide bonds. The average Bonchev–Trinajstić information content (AvgIpc) is 2.14. The zero-order valence-electron chi connectivity index (χ0n) is 8.07. The van der Waals surface area contributed by atoms with Gasteiger partial charge in [-0.1, -0.05) is 34.1 Å². The van der Waals surface area contributed by atoms with E-state index >= 15 is 0 Å². The van der Waals surface area contributed by atoms with Crippen LogP contribution in [0, 0.1) is 0 Å². The van der Waals surface area contributed by atoms with E-state index in [1.807, 2.05) is 6.07 Å². The van der Waals surface area contributed by atoms with E-state index in [1.165, 1.54) is 6.08 Å². The smallest absolute Gasteiger partial charge is 0.541 e. The first-order chi connectivity index (χ1) is 6.59. The second-order valence-corrected chi connectivity index (χ2v) is 3.46. The van der Waals surface area contributed by atoms with Crippen molar-refractivity contribution in [1.29, 1.82) is 0 Å². The molecule has 0 saturated carbocycles. The summed E-state index contributed by atoms with van der Waals surface area (Å²) in [7, 11) is 0. The monoisotopic (exact) mass is 292 g/mol. The van der Waals surface area contributed by atoms with Crippen molar-refractivity contribution in [2.75, 3.05) is 0 Å². The third-order valence-electron chi connectivity index (χ3n) is 1.48. The van der Waals surface area contributed by atoms with Crippen LogP contribution in [0.4, 0.5) is 0 Å². The van der Waals surface area contributed by atoms with Crippen LogP contribution in [0.1, 0.15) is 5.56 Å². The first-order valence-corrected chi connectivity index (χ1v) is 4.58. The Kier molecular flexibility index (Phi) is 7.59. The number of carboxylic acids is 1. The molecule has 0 aliphatic heterocycles. The molecule has 0 aliphatic carbocycles. The SMILES string of the molecule is O=C([O-])C(=O)C=Cc1cccc(Br)c1.[K+]. The number of carbonyl (C=O) groups excluding carboxylic acids is 2. The molecule has 0 spiro atoms. The summed E-state index contributed by atoms with van der Waals surface area (Å²) in [6.45, 7) is 0. The molecule has 0 aliphatic rings. The van der Waals surface area contributed by atoms with Crippen LogP contribution in [-0.2, 0) is 9.59 Å². The Bertz CT molecular complexity index is 401. The van der Waals surface area contributed by atoms with Gasteiger partial charge >= 0.3 is 51.4 Å². The number of aliphatic carboxylic acids is 1. The minimum Gasteiger partial charge on any atom is -0.541 e. The number of benzene rings is 1. The van der Waals surface area contributed by atoms with Crippen molar-refractivity contribution in [3.05, 3.63) is 40.4 Å². The molecule has 1 rings (SSSR count). The molecule has 0 N–H and O–H groups in total. The number of hydrogen-bond acceptors (Lipinski definition) is 3. The minimum atomic E-state index is -1.70. The largest absolute Gasteiger partial charge is 1.00 e. The molecule has 15 heavy (non-hydrogen) atoms. The van der Waals surface area contributed by atoms with Crippen LogP contribution in [0.3, 0.4) is 0 Å². The van der Waals surface area contributed by atoms with Gasteiger partial charge in [-0.2, -0.15) is 0 Å². The molecular weight excluding hydrogens is 287 g/mol. The molecule has 1 aromatic rings. The third-order valence-corrected chi connectivity index (χ3v) is 1.97. The van der Waals surface area contributed by atoms with E-state index in [0.717, 1.165) is 16.1 Å². The molecule has 0 fully saturated rings. The van der Waals surface area contributed by atoms with Crippen LogP contribution in [0.15, 0.2) is 34.8 Å². The van der Waals surface area contributed by atoms with E-state index in [0.29, 0.717) is 0 Å². The van der Waals surface area contributed by atoms with Crippen LogP contribution in [-0.4, -0.2) is 11.8 Å². The van der Waals surface area contributed by atoms with Crippen molar-refractivity contribution in [1.82, 2.24) is 0 Å². The topological polar surface area (TPSA) is 57.2 Å². The summed E-state index contributed by atoms with van der Waals surface area (Å²) in [5.74, 6) is -2.73. The van der Waals surface area contributed by atoms with E-state index in [9.17, 15) is 14.7 Å². The molecule has 0 unspecified atom stereocenters. The van der Waals surface area contributed by atoms with Crippen molar-refractivity contribution in [2.24, 2.45) is 0 Å². The van der Waals surface area contributed by atoms with Crippen LogP contribution in [0.25, 0.3) is 6.08 Å². The van der Waals surface area contributed by atoms with E-state index in [-0.39, 0.29) is 51.4 Å². The zero-order valence-corrected chi connectivity index (χ0v) is 12.8. The van der Waals surface area contributed by atoms with Crippen molar-refractivity contribution < 1.29 is 66.1 Å². The fourth-order valence-electron chi connectivity index (χ4n) is 0.850. The van der Waals surface area contributed by atoms with E-state index in [2.05, 4.69) is 15.9 Å². The average molecular weight is 293 g/mol. The Hall–Kier alpha value is 0.216. The predicted octanol–water partition coefficient (Wildman–Crippen LogP) is -2.21. The van der Waals surface area contributed by atoms with Gasteiger partial charge in [0.1, 0.15) is 5.97 Å². The molecule has 0 bridgehead atoms. The molecule has 0 saturated heterocycles. The van der Waals surface area contributed by atoms with Gasteiger partial charge in [0.05, 0.1) is 0 Å². The van der Waals surface area contributed by atoms with Crippen LogP contribution in [0.2, 0.25) is 0 Å². The Labute approximate surface area is 138 Å². The Morgan fingerprint density at radius 3 is 2.53 bits per heavy atom. The molecule has 1 aromatic carbocycles. The molecule has 0 heterocycles. The van der Waals surface area contributed by atoms with Gasteiger partial charge in [-0.15, -0.1) is 0 Å². The normalized spacial score (nSPS) is 9.67. The van der Waals surface area contributed by atoms with Gasteiger partial charge in [-0.25, -0.2) is 0 Å². The molecule has 0 radical (unpaired) electrons. The number of ketones is 1. The van der Waals surface area contributed by atoms with Crippen molar-refractivity contribution in [3.8, 4) is 0 Å². The van der Waals surface area contributed by atoms with Crippen molar-refractivity contribution in [3.63, 3.8) is 0 Å². The van der Waals surface area contributed by atoms with Gasteiger partial charge in [-0.3, -0.25) is 4.79 Å². The van der Waals surface area contributed by atoms with Crippen LogP contribution in [0.5, 0.6) is 0 Å². The predicted molar refractivity (Wildman–Crippen MR) is 53.2 cm³/mol. The van der Waals surface area contributed by atoms with E-state index < -0.39 is 11.8 Å². The third kappa shape index (κ3) is 5.75. The number of hydrogen-bond donors (Lipinski definition) is 0. The molecular formula is C10H6BrKO3. The molecule has 5 heteroatoms. The molecule has 3 nitrogen and oxygen atoms in total. The quantitative estimate of drug-likeness (QED) is 0.360. The van der Waals surface area contributed by atoms with Gasteiger partial charge in [0.2, 0.25) is 5.78 Å². The van der Waals surface area contributed by atoms with Crippen molar-refractivity contribution >= 4 is 33.8 Å². The summed E-state index contributed by atoms with van der Waals surface area (Å²) in [5.41, 5.74) is 0.744. The second-order valence-electron chi connectivity index (χ2n) is 2.54. The van der Waals surface area contributed by atoms with Crippen molar-refractivity contribution in [2.45, 2.75) is 0 Å². The van der Waals surface area contributed by atoms with Gasteiger partial charge in [0, 0.05) is 4.47 Å². The fourth-order valence-corrected chi connectivity index (χ4v) is 1.27. The molecule has 0 atom stereocenters. The number of halogens is 1. The van der Waals surface area contributed by atoms with Gasteiger partial charge in [0.25, 0.3) is 0 Å². The Morgan fingerprint density at radius 1 is 1.33 bits per heavy atom. The standard InChI is InChI=1S/C10H7BrO3.K/c11-8-3-1-2-7(6-8)4-5-9(12)10(13)14;/h1-6H,(H,13,14);/q;+1/p-1. The van der Waals surface area contributed by atoms with Crippen LogP contribution >= 0.6 is 15.9 Å². The summed E-state index contributed by atoms with van der Waals surface area (Å²) in [6.07, 6.45) is 2.39. The van der Waals surface area contributed by atoms with Gasteiger partial charge in [-0.05, 0) is 23.8 Å². The summed E-state index contributed by atoms with van der Waals surface area (Å²) in [5, 5.41) is 10.1. The summed E-state index contributed by atoms with van der Waals surface area (Å²) in [6, 6.07) is 7.13. The van der Waals surface area contributed by atoms with Crippen LogP contribution < -0.4 is 56.5 Å². The maximum atomic E-state index is 10.6. The first kappa shape index (κ1) is 15.2. The summed E-state index contributed by atoms with van der Waals surface area (Å²) < 4.78 is 0.862. The molecule has 0 aromatic heterocycles. The van der Waals surface area contributed by atoms with Gasteiger partial charge < -0.3 is 9.90 Å². The minimum absolute atomic E-state index is 0. The summed E-state index contributed by atoms with van der Waals surface area (Å²) in [4.78, 5) is 20.7. The maximum Gasteiger partial charge on any atom is 1.00 e. The Morgan fingerprint density at radius 2 is 2.00 bits per heavy atom. The summed E-state index contributed by atoms with van der Waals surface area (Å²) >= 11 is 3.25. The maximum absolute atomic E-state index is 10.6. The van der Waals surface area contributed by atoms with Gasteiger partial charge in [0.15, 0.2) is 0 Å². The number of carbonyl (C=O) groups is 2. The van der Waals surface area contributed by atoms with E-state index in [1.54, 1.807) is 18.2 Å². The first-order valence-electron chi connectivity index (χ1n) is 3.78. The Balaban J connectivity index is 0.00000196. The second kappa shape index (κ2) is 7.48. The number of carboxylic acid groups (broad SMARTS) is 1.